The van der Waals surface area contributed by atoms with Crippen LogP contribution in [0.1, 0.15) is 28.1 Å². The Morgan fingerprint density at radius 2 is 2.12 bits per heavy atom. The first kappa shape index (κ1) is 15.6. The van der Waals surface area contributed by atoms with Gasteiger partial charge in [0.25, 0.3) is 5.91 Å². The largest absolute Gasteiger partial charge is 0.428 e. The van der Waals surface area contributed by atoms with E-state index in [-0.39, 0.29) is 11.9 Å². The van der Waals surface area contributed by atoms with E-state index in [0.29, 0.717) is 21.7 Å². The van der Waals surface area contributed by atoms with Crippen LogP contribution < -0.4 is 10.1 Å². The predicted octanol–water partition coefficient (Wildman–Crippen LogP) is 3.07. The number of fused-ring (bicyclic) bond motifs is 3. The van der Waals surface area contributed by atoms with Crippen LogP contribution in [0.25, 0.3) is 0 Å². The van der Waals surface area contributed by atoms with Crippen molar-refractivity contribution in [2.45, 2.75) is 25.8 Å². The number of nitrogens with one attached hydrogen (secondary N) is 1. The summed E-state index contributed by atoms with van der Waals surface area (Å²) < 4.78 is 5.72. The molecule has 126 valence electrons. The Balaban J connectivity index is 1.39. The first-order chi connectivity index (χ1) is 11.7. The third-order valence-electron chi connectivity index (χ3n) is 4.87. The number of nitrogens with zero attached hydrogens (tertiary/aromatic N) is 2. The maximum Gasteiger partial charge on any atom is 0.261 e. The molecule has 5 rings (SSSR count). The van der Waals surface area contributed by atoms with E-state index in [9.17, 15) is 4.79 Å². The summed E-state index contributed by atoms with van der Waals surface area (Å²) in [5.41, 5.74) is 1.09. The molecule has 0 aliphatic carbocycles. The van der Waals surface area contributed by atoms with Gasteiger partial charge in [-0.25, -0.2) is 4.98 Å². The van der Waals surface area contributed by atoms with Gasteiger partial charge in [-0.2, -0.15) is 0 Å². The van der Waals surface area contributed by atoms with Crippen molar-refractivity contribution in [3.63, 3.8) is 0 Å². The Kier molecular flexibility index (Phi) is 4.24. The second-order valence-electron chi connectivity index (χ2n) is 6.61. The summed E-state index contributed by atoms with van der Waals surface area (Å²) in [5, 5.41) is 3.90. The fraction of sp³-hybridized carbons (Fsp3) is 0.444. The van der Waals surface area contributed by atoms with Gasteiger partial charge in [0.2, 0.25) is 5.88 Å². The Morgan fingerprint density at radius 1 is 1.29 bits per heavy atom. The number of amides is 1. The van der Waals surface area contributed by atoms with Crippen molar-refractivity contribution in [1.29, 1.82) is 0 Å². The van der Waals surface area contributed by atoms with Crippen LogP contribution in [0.4, 0.5) is 0 Å². The van der Waals surface area contributed by atoms with Gasteiger partial charge < -0.3 is 15.0 Å². The molecule has 0 radical (unpaired) electrons. The molecule has 1 N–H and O–H groups in total. The van der Waals surface area contributed by atoms with E-state index in [1.165, 1.54) is 37.3 Å². The average molecular weight is 343 g/mol. The van der Waals surface area contributed by atoms with Crippen LogP contribution in [0, 0.1) is 12.8 Å². The molecule has 3 saturated heterocycles. The second-order valence-corrected chi connectivity index (χ2v) is 7.66. The summed E-state index contributed by atoms with van der Waals surface area (Å²) in [6.45, 7) is 5.33. The monoisotopic (exact) mass is 343 g/mol. The van der Waals surface area contributed by atoms with Gasteiger partial charge in [0.1, 0.15) is 0 Å². The van der Waals surface area contributed by atoms with Crippen molar-refractivity contribution >= 4 is 17.2 Å². The number of hydrogen-bond donors (Lipinski definition) is 1. The van der Waals surface area contributed by atoms with E-state index < -0.39 is 0 Å². The molecule has 0 spiro atoms. The van der Waals surface area contributed by atoms with Crippen LogP contribution in [0.3, 0.4) is 0 Å². The number of aryl methyl sites for hydroxylation is 1. The van der Waals surface area contributed by atoms with Crippen LogP contribution in [-0.2, 0) is 0 Å². The van der Waals surface area contributed by atoms with E-state index in [0.717, 1.165) is 12.1 Å². The minimum Gasteiger partial charge on any atom is -0.428 e. The van der Waals surface area contributed by atoms with Crippen molar-refractivity contribution in [2.24, 2.45) is 5.92 Å². The number of pyridine rings is 1. The molecule has 24 heavy (non-hydrogen) atoms. The van der Waals surface area contributed by atoms with Crippen molar-refractivity contribution < 1.29 is 9.53 Å². The molecule has 3 aliphatic rings. The number of carbonyl (C=O) groups is 1. The molecule has 3 aliphatic heterocycles. The fourth-order valence-electron chi connectivity index (χ4n) is 3.48. The van der Waals surface area contributed by atoms with Crippen molar-refractivity contribution in [2.75, 3.05) is 19.6 Å². The Labute approximate surface area is 145 Å². The Bertz CT molecular complexity index is 720. The molecule has 6 heteroatoms. The number of piperidine rings is 3. The van der Waals surface area contributed by atoms with Gasteiger partial charge in [-0.1, -0.05) is 17.4 Å². The number of rotatable bonds is 4. The van der Waals surface area contributed by atoms with E-state index in [2.05, 4.69) is 15.2 Å². The molecule has 5 heterocycles. The number of hydrogen-bond acceptors (Lipinski definition) is 5. The van der Waals surface area contributed by atoms with Crippen molar-refractivity contribution in [1.82, 2.24) is 15.2 Å². The maximum absolute atomic E-state index is 12.5. The van der Waals surface area contributed by atoms with Gasteiger partial charge in [-0.3, -0.25) is 4.79 Å². The van der Waals surface area contributed by atoms with Gasteiger partial charge in [0, 0.05) is 24.8 Å². The lowest BCUT2D eigenvalue weighted by Crippen LogP contribution is -2.57. The fourth-order valence-corrected chi connectivity index (χ4v) is 4.25. The van der Waals surface area contributed by atoms with Gasteiger partial charge >= 0.3 is 0 Å². The SMILES string of the molecule is Cc1ccc(Oc2ccc(C(=O)NC3CN4CCC3CC4)s2)nc1. The van der Waals surface area contributed by atoms with Crippen LogP contribution in [0.5, 0.6) is 10.9 Å². The van der Waals surface area contributed by atoms with Gasteiger partial charge in [0.15, 0.2) is 5.06 Å². The van der Waals surface area contributed by atoms with Crippen LogP contribution in [-0.4, -0.2) is 41.5 Å². The highest BCUT2D eigenvalue weighted by Crippen LogP contribution is 2.30. The number of thiophene rings is 1. The lowest BCUT2D eigenvalue weighted by molar-refractivity contribution is 0.0622. The molecule has 0 saturated carbocycles. The van der Waals surface area contributed by atoms with E-state index in [4.69, 9.17) is 4.74 Å². The number of aromatic nitrogens is 1. The predicted molar refractivity (Wildman–Crippen MR) is 93.8 cm³/mol. The number of carbonyl (C=O) groups excluding carboxylic acids is 1. The minimum atomic E-state index is 0.00506. The maximum atomic E-state index is 12.5. The standard InChI is InChI=1S/C18H21N3O2S/c1-12-2-4-16(19-10-12)23-17-5-3-15(24-17)18(22)20-14-11-21-8-6-13(14)7-9-21/h2-5,10,13-14H,6-9,11H2,1H3,(H,20,22). The van der Waals surface area contributed by atoms with Gasteiger partial charge in [-0.15, -0.1) is 0 Å². The van der Waals surface area contributed by atoms with E-state index in [1.54, 1.807) is 6.20 Å². The van der Waals surface area contributed by atoms with E-state index >= 15 is 0 Å². The van der Waals surface area contributed by atoms with Gasteiger partial charge in [0.05, 0.1) is 4.88 Å². The molecular formula is C18H21N3O2S. The first-order valence-corrected chi connectivity index (χ1v) is 9.22. The topological polar surface area (TPSA) is 54.5 Å². The summed E-state index contributed by atoms with van der Waals surface area (Å²) in [7, 11) is 0. The summed E-state index contributed by atoms with van der Waals surface area (Å²) in [6, 6.07) is 7.73. The molecular weight excluding hydrogens is 322 g/mol. The Morgan fingerprint density at radius 3 is 2.79 bits per heavy atom. The molecule has 2 bridgehead atoms. The molecule has 1 atom stereocenters. The Hall–Kier alpha value is -1.92. The average Bonchev–Trinajstić information content (AvgIpc) is 3.07. The zero-order valence-corrected chi connectivity index (χ0v) is 14.5. The lowest BCUT2D eigenvalue weighted by Gasteiger charge is -2.44. The third-order valence-corrected chi connectivity index (χ3v) is 5.83. The zero-order chi connectivity index (χ0) is 16.5. The van der Waals surface area contributed by atoms with E-state index in [1.807, 2.05) is 31.2 Å². The van der Waals surface area contributed by atoms with Gasteiger partial charge in [-0.05, 0) is 56.5 Å². The second kappa shape index (κ2) is 6.53. The molecule has 5 nitrogen and oxygen atoms in total. The summed E-state index contributed by atoms with van der Waals surface area (Å²) in [4.78, 5) is 19.9. The molecule has 2 aromatic rings. The van der Waals surface area contributed by atoms with Crippen LogP contribution in [0.2, 0.25) is 0 Å². The minimum absolute atomic E-state index is 0.00506. The highest BCUT2D eigenvalue weighted by atomic mass is 32.1. The summed E-state index contributed by atoms with van der Waals surface area (Å²) in [5.74, 6) is 1.18. The quantitative estimate of drug-likeness (QED) is 0.927. The summed E-state index contributed by atoms with van der Waals surface area (Å²) in [6.07, 6.45) is 4.16. The normalized spacial score (nSPS) is 25.5. The third kappa shape index (κ3) is 3.30. The molecule has 1 amide bonds. The van der Waals surface area contributed by atoms with Crippen molar-refractivity contribution in [3.05, 3.63) is 40.9 Å². The highest BCUT2D eigenvalue weighted by molar-refractivity contribution is 7.15. The molecule has 3 fully saturated rings. The van der Waals surface area contributed by atoms with Crippen LogP contribution >= 0.6 is 11.3 Å². The van der Waals surface area contributed by atoms with Crippen molar-refractivity contribution in [3.8, 4) is 10.9 Å². The summed E-state index contributed by atoms with van der Waals surface area (Å²) >= 11 is 1.36. The number of ether oxygens (including phenoxy) is 1. The lowest BCUT2D eigenvalue weighted by atomic mass is 9.84. The first-order valence-electron chi connectivity index (χ1n) is 8.41. The smallest absolute Gasteiger partial charge is 0.261 e. The highest BCUT2D eigenvalue weighted by Gasteiger charge is 2.35. The van der Waals surface area contributed by atoms with Crippen LogP contribution in [0.15, 0.2) is 30.5 Å². The molecule has 2 aromatic heterocycles. The molecule has 0 aromatic carbocycles. The molecule has 1 unspecified atom stereocenters. The zero-order valence-electron chi connectivity index (χ0n) is 13.7.